The molecule has 30 heavy (non-hydrogen) atoms. The molecular weight excluding hydrogens is 402 g/mol. The van der Waals surface area contributed by atoms with Crippen molar-refractivity contribution in [2.75, 3.05) is 18.4 Å². The number of amides is 3. The third-order valence-electron chi connectivity index (χ3n) is 5.85. The summed E-state index contributed by atoms with van der Waals surface area (Å²) < 4.78 is 0. The van der Waals surface area contributed by atoms with Crippen LogP contribution in [0.3, 0.4) is 0 Å². The van der Waals surface area contributed by atoms with Gasteiger partial charge < -0.3 is 15.1 Å². The van der Waals surface area contributed by atoms with E-state index in [2.05, 4.69) is 5.32 Å². The molecule has 2 saturated heterocycles. The van der Waals surface area contributed by atoms with Crippen molar-refractivity contribution in [3.05, 3.63) is 64.2 Å². The van der Waals surface area contributed by atoms with Crippen LogP contribution in [0.5, 0.6) is 0 Å². The van der Waals surface area contributed by atoms with E-state index >= 15 is 0 Å². The van der Waals surface area contributed by atoms with E-state index in [1.165, 1.54) is 0 Å². The van der Waals surface area contributed by atoms with Crippen molar-refractivity contribution >= 4 is 35.0 Å². The zero-order valence-corrected chi connectivity index (χ0v) is 17.6. The van der Waals surface area contributed by atoms with E-state index in [4.69, 9.17) is 11.6 Å². The molecule has 1 atom stereocenters. The van der Waals surface area contributed by atoms with Gasteiger partial charge in [-0.05, 0) is 61.6 Å². The molecule has 0 saturated carbocycles. The fourth-order valence-electron chi connectivity index (χ4n) is 4.08. The fourth-order valence-corrected chi connectivity index (χ4v) is 4.26. The molecule has 4 rings (SSSR count). The number of anilines is 1. The number of hydrogen-bond acceptors (Lipinski definition) is 3. The van der Waals surface area contributed by atoms with Crippen molar-refractivity contribution in [1.82, 2.24) is 9.80 Å². The summed E-state index contributed by atoms with van der Waals surface area (Å²) in [5.74, 6) is -0.186. The number of benzene rings is 2. The molecule has 2 aliphatic rings. The molecule has 0 radical (unpaired) electrons. The molecule has 0 aromatic heterocycles. The second-order valence-electron chi connectivity index (χ2n) is 7.86. The molecule has 156 valence electrons. The number of rotatable bonds is 4. The summed E-state index contributed by atoms with van der Waals surface area (Å²) >= 11 is 6.11. The van der Waals surface area contributed by atoms with Gasteiger partial charge in [0.05, 0.1) is 0 Å². The summed E-state index contributed by atoms with van der Waals surface area (Å²) in [6, 6.07) is 12.2. The van der Waals surface area contributed by atoms with Gasteiger partial charge in [0.25, 0.3) is 5.91 Å². The van der Waals surface area contributed by atoms with Crippen LogP contribution in [0.25, 0.3) is 0 Å². The molecule has 2 aromatic carbocycles. The lowest BCUT2D eigenvalue weighted by molar-refractivity contribution is -0.158. The number of nitrogens with zero attached hydrogens (tertiary/aromatic N) is 2. The summed E-state index contributed by atoms with van der Waals surface area (Å²) in [6.07, 6.45) is 2.68. The van der Waals surface area contributed by atoms with Crippen molar-refractivity contribution in [1.29, 1.82) is 0 Å². The Bertz CT molecular complexity index is 990. The number of nitrogens with one attached hydrogen (secondary N) is 1. The normalized spacial score (nSPS) is 18.9. The molecule has 0 spiro atoms. The summed E-state index contributed by atoms with van der Waals surface area (Å²) in [7, 11) is 0. The van der Waals surface area contributed by atoms with E-state index in [1.807, 2.05) is 19.1 Å². The van der Waals surface area contributed by atoms with Crippen molar-refractivity contribution in [3.8, 4) is 0 Å². The van der Waals surface area contributed by atoms with E-state index in [9.17, 15) is 14.4 Å². The Balaban J connectivity index is 1.42. The van der Waals surface area contributed by atoms with E-state index in [1.54, 1.807) is 40.1 Å². The highest BCUT2D eigenvalue weighted by Gasteiger charge is 2.40. The molecule has 1 unspecified atom stereocenters. The van der Waals surface area contributed by atoms with Crippen LogP contribution in [-0.4, -0.2) is 46.7 Å². The van der Waals surface area contributed by atoms with Gasteiger partial charge in [-0.15, -0.1) is 0 Å². The number of hydrogen-bond donors (Lipinski definition) is 1. The number of piperazine rings is 1. The lowest BCUT2D eigenvalue weighted by Gasteiger charge is -2.42. The zero-order valence-electron chi connectivity index (χ0n) is 16.9. The van der Waals surface area contributed by atoms with E-state index in [0.29, 0.717) is 29.4 Å². The lowest BCUT2D eigenvalue weighted by Crippen LogP contribution is -2.60. The highest BCUT2D eigenvalue weighted by molar-refractivity contribution is 6.31. The second-order valence-corrected chi connectivity index (χ2v) is 8.26. The van der Waals surface area contributed by atoms with Crippen molar-refractivity contribution in [2.45, 2.75) is 38.8 Å². The van der Waals surface area contributed by atoms with Crippen molar-refractivity contribution < 1.29 is 14.4 Å². The van der Waals surface area contributed by atoms with Gasteiger partial charge in [-0.2, -0.15) is 0 Å². The zero-order chi connectivity index (χ0) is 21.3. The van der Waals surface area contributed by atoms with Crippen LogP contribution in [0.15, 0.2) is 42.5 Å². The molecule has 2 aliphatic heterocycles. The van der Waals surface area contributed by atoms with Gasteiger partial charge in [0.2, 0.25) is 11.8 Å². The predicted octanol–water partition coefficient (Wildman–Crippen LogP) is 3.62. The summed E-state index contributed by atoms with van der Waals surface area (Å²) in [5.41, 5.74) is 2.88. The molecule has 1 N–H and O–H groups in total. The van der Waals surface area contributed by atoms with Crippen LogP contribution in [-0.2, 0) is 16.1 Å². The third kappa shape index (κ3) is 4.05. The van der Waals surface area contributed by atoms with Crippen LogP contribution in [0.4, 0.5) is 5.69 Å². The maximum absolute atomic E-state index is 12.8. The van der Waals surface area contributed by atoms with Gasteiger partial charge in [0, 0.05) is 29.4 Å². The van der Waals surface area contributed by atoms with Crippen LogP contribution >= 0.6 is 11.6 Å². The average Bonchev–Trinajstić information content (AvgIpc) is 2.75. The Kier molecular flexibility index (Phi) is 5.77. The summed E-state index contributed by atoms with van der Waals surface area (Å²) in [6.45, 7) is 3.01. The Morgan fingerprint density at radius 2 is 1.90 bits per heavy atom. The average molecular weight is 426 g/mol. The van der Waals surface area contributed by atoms with Gasteiger partial charge in [-0.1, -0.05) is 29.8 Å². The van der Waals surface area contributed by atoms with Gasteiger partial charge in [-0.25, -0.2) is 0 Å². The SMILES string of the molecule is Cc1c(Cl)cccc1NC(=O)c1ccc(CN2CC(=O)N3CCCCC3C2=O)cc1. The first-order valence-corrected chi connectivity index (χ1v) is 10.6. The van der Waals surface area contributed by atoms with Gasteiger partial charge in [-0.3, -0.25) is 14.4 Å². The van der Waals surface area contributed by atoms with Crippen LogP contribution in [0, 0.1) is 6.92 Å². The number of halogens is 1. The minimum absolute atomic E-state index is 0.0205. The van der Waals surface area contributed by atoms with Crippen molar-refractivity contribution in [2.24, 2.45) is 0 Å². The number of carbonyl (C=O) groups is 3. The Morgan fingerprint density at radius 1 is 1.13 bits per heavy atom. The molecule has 6 nitrogen and oxygen atoms in total. The second kappa shape index (κ2) is 8.48. The fraction of sp³-hybridized carbons (Fsp3) is 0.348. The summed E-state index contributed by atoms with van der Waals surface area (Å²) in [5, 5.41) is 3.47. The summed E-state index contributed by atoms with van der Waals surface area (Å²) in [4.78, 5) is 41.1. The Morgan fingerprint density at radius 3 is 2.67 bits per heavy atom. The van der Waals surface area contributed by atoms with Gasteiger partial charge in [0.1, 0.15) is 12.6 Å². The minimum atomic E-state index is -0.314. The molecule has 2 fully saturated rings. The maximum Gasteiger partial charge on any atom is 0.255 e. The van der Waals surface area contributed by atoms with E-state index < -0.39 is 0 Å². The molecule has 0 bridgehead atoms. The topological polar surface area (TPSA) is 69.7 Å². The first kappa shape index (κ1) is 20.4. The van der Waals surface area contributed by atoms with Crippen LogP contribution < -0.4 is 5.32 Å². The maximum atomic E-state index is 12.8. The lowest BCUT2D eigenvalue weighted by atomic mass is 9.98. The molecule has 3 amide bonds. The first-order chi connectivity index (χ1) is 14.4. The number of carbonyl (C=O) groups excluding carboxylic acids is 3. The smallest absolute Gasteiger partial charge is 0.255 e. The standard InChI is InChI=1S/C23H24ClN3O3/c1-15-18(24)5-4-6-19(15)25-22(29)17-10-8-16(9-11-17)13-26-14-21(28)27-12-3-2-7-20(27)23(26)30/h4-6,8-11,20H,2-3,7,12-14H2,1H3,(H,25,29). The first-order valence-electron chi connectivity index (χ1n) is 10.2. The van der Waals surface area contributed by atoms with Gasteiger partial charge >= 0.3 is 0 Å². The molecule has 7 heteroatoms. The number of fused-ring (bicyclic) bond motifs is 1. The molecular formula is C23H24ClN3O3. The quantitative estimate of drug-likeness (QED) is 0.813. The third-order valence-corrected chi connectivity index (χ3v) is 6.26. The van der Waals surface area contributed by atoms with Gasteiger partial charge in [0.15, 0.2) is 0 Å². The largest absolute Gasteiger partial charge is 0.329 e. The van der Waals surface area contributed by atoms with Crippen molar-refractivity contribution in [3.63, 3.8) is 0 Å². The van der Waals surface area contributed by atoms with E-state index in [-0.39, 0.29) is 30.3 Å². The predicted molar refractivity (Wildman–Crippen MR) is 115 cm³/mol. The number of piperidine rings is 1. The van der Waals surface area contributed by atoms with E-state index in [0.717, 1.165) is 30.4 Å². The molecule has 2 heterocycles. The molecule has 2 aromatic rings. The molecule has 0 aliphatic carbocycles. The Labute approximate surface area is 180 Å². The minimum Gasteiger partial charge on any atom is -0.329 e. The highest BCUT2D eigenvalue weighted by atomic mass is 35.5. The Hall–Kier alpha value is -2.86. The van der Waals surface area contributed by atoms with Crippen LogP contribution in [0.1, 0.15) is 40.7 Å². The monoisotopic (exact) mass is 425 g/mol. The van der Waals surface area contributed by atoms with Crippen LogP contribution in [0.2, 0.25) is 5.02 Å². The highest BCUT2D eigenvalue weighted by Crippen LogP contribution is 2.25.